The summed E-state index contributed by atoms with van der Waals surface area (Å²) in [6, 6.07) is 8.74. The molecule has 2 heterocycles. The maximum atomic E-state index is 11.3. The molecule has 17 heavy (non-hydrogen) atoms. The first-order valence-corrected chi connectivity index (χ1v) is 5.27. The van der Waals surface area contributed by atoms with Gasteiger partial charge in [-0.15, -0.1) is 0 Å². The van der Waals surface area contributed by atoms with E-state index < -0.39 is 0 Å². The molecule has 0 aliphatic carbocycles. The average molecular weight is 226 g/mol. The first-order chi connectivity index (χ1) is 8.15. The molecule has 0 aliphatic rings. The Balaban J connectivity index is 2.49. The van der Waals surface area contributed by atoms with E-state index in [-0.39, 0.29) is 5.63 Å². The Morgan fingerprint density at radius 2 is 1.94 bits per heavy atom. The van der Waals surface area contributed by atoms with Gasteiger partial charge in [0.25, 0.3) is 0 Å². The molecule has 84 valence electrons. The zero-order chi connectivity index (χ0) is 12.0. The lowest BCUT2D eigenvalue weighted by Gasteiger charge is -1.95. The first-order valence-electron chi connectivity index (χ1n) is 5.27. The predicted octanol–water partition coefficient (Wildman–Crippen LogP) is 3.57. The first kappa shape index (κ1) is 9.90. The van der Waals surface area contributed by atoms with Gasteiger partial charge in [-0.3, -0.25) is 0 Å². The lowest BCUT2D eigenvalue weighted by atomic mass is 10.1. The lowest BCUT2D eigenvalue weighted by Crippen LogP contribution is -1.93. The van der Waals surface area contributed by atoms with Gasteiger partial charge in [-0.1, -0.05) is 6.58 Å². The highest BCUT2D eigenvalue weighted by Crippen LogP contribution is 2.29. The van der Waals surface area contributed by atoms with Crippen LogP contribution >= 0.6 is 0 Å². The standard InChI is InChI=1S/C14H10O3/c1-8(2)12-7-10-11(16-12)5-3-9-4-6-13(15)17-14(9)10/h3-7H,1H2,2H3. The molecule has 0 saturated carbocycles. The number of benzene rings is 1. The van der Waals surface area contributed by atoms with Crippen LogP contribution in [0.2, 0.25) is 0 Å². The molecule has 0 radical (unpaired) electrons. The highest BCUT2D eigenvalue weighted by molar-refractivity contribution is 6.02. The summed E-state index contributed by atoms with van der Waals surface area (Å²) in [5, 5.41) is 1.68. The van der Waals surface area contributed by atoms with E-state index in [0.717, 1.165) is 16.3 Å². The molecule has 3 heteroatoms. The number of allylic oxidation sites excluding steroid dienone is 1. The molecule has 2 aromatic heterocycles. The molecule has 3 aromatic rings. The van der Waals surface area contributed by atoms with Crippen molar-refractivity contribution in [2.45, 2.75) is 6.92 Å². The smallest absolute Gasteiger partial charge is 0.336 e. The maximum absolute atomic E-state index is 11.3. The van der Waals surface area contributed by atoms with Crippen molar-refractivity contribution in [3.8, 4) is 0 Å². The number of fused-ring (bicyclic) bond motifs is 3. The molecule has 0 atom stereocenters. The van der Waals surface area contributed by atoms with E-state index in [2.05, 4.69) is 6.58 Å². The summed E-state index contributed by atoms with van der Waals surface area (Å²) in [7, 11) is 0. The Morgan fingerprint density at radius 1 is 1.18 bits per heavy atom. The van der Waals surface area contributed by atoms with E-state index in [1.54, 1.807) is 6.07 Å². The number of furan rings is 1. The van der Waals surface area contributed by atoms with Crippen LogP contribution in [0.5, 0.6) is 0 Å². The zero-order valence-corrected chi connectivity index (χ0v) is 9.32. The topological polar surface area (TPSA) is 43.4 Å². The molecule has 0 aliphatic heterocycles. The third-order valence-electron chi connectivity index (χ3n) is 2.70. The molecule has 0 N–H and O–H groups in total. The highest BCUT2D eigenvalue weighted by Gasteiger charge is 2.09. The predicted molar refractivity (Wildman–Crippen MR) is 67.0 cm³/mol. The Labute approximate surface area is 97.0 Å². The van der Waals surface area contributed by atoms with Gasteiger partial charge in [-0.05, 0) is 36.8 Å². The normalized spacial score (nSPS) is 11.1. The summed E-state index contributed by atoms with van der Waals surface area (Å²) in [6.45, 7) is 5.70. The van der Waals surface area contributed by atoms with E-state index in [4.69, 9.17) is 8.83 Å². The van der Waals surface area contributed by atoms with Crippen molar-refractivity contribution < 1.29 is 8.83 Å². The molecular weight excluding hydrogens is 216 g/mol. The summed E-state index contributed by atoms with van der Waals surface area (Å²) in [5.41, 5.74) is 1.74. The molecule has 0 bridgehead atoms. The number of hydrogen-bond acceptors (Lipinski definition) is 3. The molecule has 0 spiro atoms. The van der Waals surface area contributed by atoms with Crippen LogP contribution in [-0.4, -0.2) is 0 Å². The van der Waals surface area contributed by atoms with Crippen molar-refractivity contribution >= 4 is 27.5 Å². The average Bonchev–Trinajstić information content (AvgIpc) is 2.73. The lowest BCUT2D eigenvalue weighted by molar-refractivity contribution is 0.563. The van der Waals surface area contributed by atoms with Gasteiger partial charge in [0.05, 0.1) is 5.39 Å². The van der Waals surface area contributed by atoms with Crippen molar-refractivity contribution in [3.63, 3.8) is 0 Å². The molecule has 3 rings (SSSR count). The van der Waals surface area contributed by atoms with Crippen LogP contribution in [0, 0.1) is 0 Å². The fourth-order valence-corrected chi connectivity index (χ4v) is 1.85. The third kappa shape index (κ3) is 1.47. The van der Waals surface area contributed by atoms with E-state index >= 15 is 0 Å². The molecule has 0 amide bonds. The minimum Gasteiger partial charge on any atom is -0.456 e. The van der Waals surface area contributed by atoms with Crippen LogP contribution < -0.4 is 5.63 Å². The molecule has 0 fully saturated rings. The van der Waals surface area contributed by atoms with Crippen molar-refractivity contribution in [1.82, 2.24) is 0 Å². The summed E-state index contributed by atoms with van der Waals surface area (Å²) in [4.78, 5) is 11.3. The monoisotopic (exact) mass is 226 g/mol. The minimum atomic E-state index is -0.358. The summed E-state index contributed by atoms with van der Waals surface area (Å²) >= 11 is 0. The SMILES string of the molecule is C=C(C)c1cc2c(ccc3ccc(=O)oc32)o1. The van der Waals surface area contributed by atoms with Gasteiger partial charge in [0.15, 0.2) is 0 Å². The fourth-order valence-electron chi connectivity index (χ4n) is 1.85. The Bertz CT molecular complexity index is 790. The fraction of sp³-hybridized carbons (Fsp3) is 0.0714. The second-order valence-electron chi connectivity index (χ2n) is 4.04. The van der Waals surface area contributed by atoms with Gasteiger partial charge in [0.2, 0.25) is 0 Å². The van der Waals surface area contributed by atoms with Crippen LogP contribution in [0.15, 0.2) is 50.5 Å². The van der Waals surface area contributed by atoms with Crippen molar-refractivity contribution in [1.29, 1.82) is 0 Å². The van der Waals surface area contributed by atoms with E-state index in [9.17, 15) is 4.79 Å². The van der Waals surface area contributed by atoms with Crippen LogP contribution in [0.1, 0.15) is 12.7 Å². The van der Waals surface area contributed by atoms with Gasteiger partial charge in [-0.2, -0.15) is 0 Å². The molecule has 3 nitrogen and oxygen atoms in total. The highest BCUT2D eigenvalue weighted by atomic mass is 16.4. The van der Waals surface area contributed by atoms with E-state index in [0.29, 0.717) is 16.9 Å². The number of hydrogen-bond donors (Lipinski definition) is 0. The van der Waals surface area contributed by atoms with E-state index in [1.165, 1.54) is 6.07 Å². The largest absolute Gasteiger partial charge is 0.456 e. The minimum absolute atomic E-state index is 0.358. The number of rotatable bonds is 1. The summed E-state index contributed by atoms with van der Waals surface area (Å²) in [6.07, 6.45) is 0. The zero-order valence-electron chi connectivity index (χ0n) is 9.32. The Hall–Kier alpha value is -2.29. The van der Waals surface area contributed by atoms with Gasteiger partial charge >= 0.3 is 5.63 Å². The molecular formula is C14H10O3. The van der Waals surface area contributed by atoms with Gasteiger partial charge in [0, 0.05) is 11.5 Å². The third-order valence-corrected chi connectivity index (χ3v) is 2.70. The summed E-state index contributed by atoms with van der Waals surface area (Å²) < 4.78 is 10.8. The van der Waals surface area contributed by atoms with E-state index in [1.807, 2.05) is 25.1 Å². The second kappa shape index (κ2) is 3.35. The summed E-state index contributed by atoms with van der Waals surface area (Å²) in [5.74, 6) is 0.707. The maximum Gasteiger partial charge on any atom is 0.336 e. The van der Waals surface area contributed by atoms with Crippen LogP contribution in [0.3, 0.4) is 0 Å². The quantitative estimate of drug-likeness (QED) is 0.596. The Morgan fingerprint density at radius 3 is 2.71 bits per heavy atom. The second-order valence-corrected chi connectivity index (χ2v) is 4.04. The van der Waals surface area contributed by atoms with Crippen molar-refractivity contribution in [2.24, 2.45) is 0 Å². The molecule has 0 unspecified atom stereocenters. The van der Waals surface area contributed by atoms with Crippen LogP contribution in [-0.2, 0) is 0 Å². The van der Waals surface area contributed by atoms with Crippen molar-refractivity contribution in [3.05, 3.63) is 53.1 Å². The molecule has 0 saturated heterocycles. The Kier molecular flexibility index (Phi) is 1.95. The van der Waals surface area contributed by atoms with Gasteiger partial charge in [-0.25, -0.2) is 4.79 Å². The van der Waals surface area contributed by atoms with Crippen molar-refractivity contribution in [2.75, 3.05) is 0 Å². The van der Waals surface area contributed by atoms with Gasteiger partial charge in [0.1, 0.15) is 16.9 Å². The van der Waals surface area contributed by atoms with Gasteiger partial charge < -0.3 is 8.83 Å². The molecule has 1 aromatic carbocycles. The van der Waals surface area contributed by atoms with Crippen LogP contribution in [0.25, 0.3) is 27.5 Å². The van der Waals surface area contributed by atoms with Crippen LogP contribution in [0.4, 0.5) is 0 Å².